The van der Waals surface area contributed by atoms with Gasteiger partial charge in [0.1, 0.15) is 6.04 Å². The van der Waals surface area contributed by atoms with Crippen molar-refractivity contribution in [1.82, 2.24) is 5.32 Å². The second-order valence-electron chi connectivity index (χ2n) is 4.57. The van der Waals surface area contributed by atoms with Crippen molar-refractivity contribution >= 4 is 11.6 Å². The highest BCUT2D eigenvalue weighted by molar-refractivity contribution is 6.31. The van der Waals surface area contributed by atoms with Gasteiger partial charge in [-0.05, 0) is 31.5 Å². The van der Waals surface area contributed by atoms with Gasteiger partial charge in [-0.2, -0.15) is 4.91 Å². The molecule has 1 fully saturated rings. The van der Waals surface area contributed by atoms with Gasteiger partial charge in [-0.25, -0.2) is 0 Å². The van der Waals surface area contributed by atoms with E-state index in [1.165, 1.54) is 0 Å². The molecule has 92 valence electrons. The third-order valence-electron chi connectivity index (χ3n) is 3.80. The van der Waals surface area contributed by atoms with Gasteiger partial charge >= 0.3 is 0 Å². The Balaban J connectivity index is 2.48. The summed E-state index contributed by atoms with van der Waals surface area (Å²) in [5.74, 6) is 0. The molecule has 0 spiro atoms. The van der Waals surface area contributed by atoms with Crippen LogP contribution in [0.2, 0.25) is 5.02 Å². The number of benzene rings is 1. The van der Waals surface area contributed by atoms with Gasteiger partial charge in [0.15, 0.2) is 0 Å². The fourth-order valence-electron chi connectivity index (χ4n) is 2.86. The first-order valence-electron chi connectivity index (χ1n) is 6.01. The number of nitroso groups, excluding NO2 is 1. The molecule has 1 N–H and O–H groups in total. The third kappa shape index (κ3) is 2.09. The van der Waals surface area contributed by atoms with Crippen LogP contribution in [0.3, 0.4) is 0 Å². The average molecular weight is 253 g/mol. The lowest BCUT2D eigenvalue weighted by atomic mass is 9.73. The smallest absolute Gasteiger partial charge is 0.114 e. The lowest BCUT2D eigenvalue weighted by molar-refractivity contribution is 0.211. The number of halogens is 1. The van der Waals surface area contributed by atoms with Crippen LogP contribution in [0.25, 0.3) is 0 Å². The first-order valence-corrected chi connectivity index (χ1v) is 6.39. The summed E-state index contributed by atoms with van der Waals surface area (Å²) in [6.07, 6.45) is 3.89. The Labute approximate surface area is 107 Å². The van der Waals surface area contributed by atoms with E-state index in [9.17, 15) is 4.91 Å². The highest BCUT2D eigenvalue weighted by atomic mass is 35.5. The lowest BCUT2D eigenvalue weighted by Gasteiger charge is -2.41. The van der Waals surface area contributed by atoms with Crippen molar-refractivity contribution in [3.05, 3.63) is 39.8 Å². The van der Waals surface area contributed by atoms with Crippen molar-refractivity contribution < 1.29 is 0 Å². The molecule has 0 aliphatic heterocycles. The molecule has 1 aromatic rings. The number of nitrogens with one attached hydrogen (secondary N) is 1. The summed E-state index contributed by atoms with van der Waals surface area (Å²) in [4.78, 5) is 11.1. The van der Waals surface area contributed by atoms with Gasteiger partial charge in [0, 0.05) is 5.02 Å². The minimum absolute atomic E-state index is 0.235. The third-order valence-corrected chi connectivity index (χ3v) is 4.12. The van der Waals surface area contributed by atoms with Gasteiger partial charge in [0.05, 0.1) is 5.54 Å². The van der Waals surface area contributed by atoms with Crippen molar-refractivity contribution in [2.45, 2.75) is 37.3 Å². The van der Waals surface area contributed by atoms with Crippen molar-refractivity contribution in [3.63, 3.8) is 0 Å². The summed E-state index contributed by atoms with van der Waals surface area (Å²) >= 11 is 6.26. The molecule has 0 saturated heterocycles. The second kappa shape index (κ2) is 5.15. The second-order valence-corrected chi connectivity index (χ2v) is 4.98. The van der Waals surface area contributed by atoms with E-state index < -0.39 is 5.54 Å². The fraction of sp³-hybridized carbons (Fsp3) is 0.538. The minimum Gasteiger partial charge on any atom is -0.309 e. The van der Waals surface area contributed by atoms with Crippen LogP contribution in [-0.2, 0) is 5.54 Å². The molecule has 0 radical (unpaired) electrons. The van der Waals surface area contributed by atoms with Crippen LogP contribution in [0.15, 0.2) is 29.4 Å². The fourth-order valence-corrected chi connectivity index (χ4v) is 3.17. The molecule has 1 aliphatic carbocycles. The van der Waals surface area contributed by atoms with E-state index in [-0.39, 0.29) is 6.04 Å². The standard InChI is InChI=1S/C13H17ClN2O/c1-15-13(9-5-4-8-12(13)16-17)10-6-2-3-7-11(10)14/h2-3,6-7,12,15H,4-5,8-9H2,1H3. The summed E-state index contributed by atoms with van der Waals surface area (Å²) < 4.78 is 0. The monoisotopic (exact) mass is 252 g/mol. The molecule has 2 unspecified atom stereocenters. The zero-order chi connectivity index (χ0) is 12.3. The van der Waals surface area contributed by atoms with Crippen LogP contribution in [0.4, 0.5) is 0 Å². The van der Waals surface area contributed by atoms with Crippen molar-refractivity contribution in [1.29, 1.82) is 0 Å². The molecule has 1 saturated carbocycles. The Kier molecular flexibility index (Phi) is 3.79. The average Bonchev–Trinajstić information content (AvgIpc) is 2.39. The summed E-state index contributed by atoms with van der Waals surface area (Å²) in [5, 5.41) is 7.32. The molecule has 1 aliphatic rings. The zero-order valence-corrected chi connectivity index (χ0v) is 10.7. The van der Waals surface area contributed by atoms with E-state index in [1.54, 1.807) is 0 Å². The van der Waals surface area contributed by atoms with Gasteiger partial charge in [-0.1, -0.05) is 47.8 Å². The highest BCUT2D eigenvalue weighted by Gasteiger charge is 2.43. The first-order chi connectivity index (χ1) is 8.24. The van der Waals surface area contributed by atoms with Crippen LogP contribution in [0.5, 0.6) is 0 Å². The van der Waals surface area contributed by atoms with E-state index in [1.807, 2.05) is 31.3 Å². The van der Waals surface area contributed by atoms with Gasteiger partial charge < -0.3 is 5.32 Å². The summed E-state index contributed by atoms with van der Waals surface area (Å²) in [5.41, 5.74) is 0.603. The van der Waals surface area contributed by atoms with Gasteiger partial charge in [-0.3, -0.25) is 0 Å². The van der Waals surface area contributed by atoms with Crippen LogP contribution < -0.4 is 5.32 Å². The lowest BCUT2D eigenvalue weighted by Crippen LogP contribution is -2.51. The Morgan fingerprint density at radius 1 is 1.41 bits per heavy atom. The molecule has 17 heavy (non-hydrogen) atoms. The molecule has 2 rings (SSSR count). The molecule has 0 aromatic heterocycles. The Morgan fingerprint density at radius 2 is 2.18 bits per heavy atom. The highest BCUT2D eigenvalue weighted by Crippen LogP contribution is 2.41. The van der Waals surface area contributed by atoms with Crippen LogP contribution in [-0.4, -0.2) is 13.1 Å². The van der Waals surface area contributed by atoms with Crippen molar-refractivity contribution in [3.8, 4) is 0 Å². The predicted molar refractivity (Wildman–Crippen MR) is 70.2 cm³/mol. The maximum atomic E-state index is 11.1. The molecular formula is C13H17ClN2O. The number of hydrogen-bond acceptors (Lipinski definition) is 3. The van der Waals surface area contributed by atoms with Crippen LogP contribution in [0, 0.1) is 4.91 Å². The normalized spacial score (nSPS) is 28.9. The maximum absolute atomic E-state index is 11.1. The van der Waals surface area contributed by atoms with E-state index in [2.05, 4.69) is 10.5 Å². The molecular weight excluding hydrogens is 236 g/mol. The van der Waals surface area contributed by atoms with Crippen molar-refractivity contribution in [2.24, 2.45) is 5.18 Å². The number of likely N-dealkylation sites (N-methyl/N-ethyl adjacent to an activating group) is 1. The number of nitrogens with zero attached hydrogens (tertiary/aromatic N) is 1. The Morgan fingerprint density at radius 3 is 2.82 bits per heavy atom. The Hall–Kier alpha value is -0.930. The molecule has 2 atom stereocenters. The van der Waals surface area contributed by atoms with Crippen molar-refractivity contribution in [2.75, 3.05) is 7.05 Å². The largest absolute Gasteiger partial charge is 0.309 e. The predicted octanol–water partition coefficient (Wildman–Crippen LogP) is 3.46. The van der Waals surface area contributed by atoms with Crippen LogP contribution >= 0.6 is 11.6 Å². The Bertz CT molecular complexity index is 410. The molecule has 3 nitrogen and oxygen atoms in total. The molecule has 1 aromatic carbocycles. The van der Waals surface area contributed by atoms with E-state index >= 15 is 0 Å². The SMILES string of the molecule is CNC1(c2ccccc2Cl)CCCCC1N=O. The molecule has 0 amide bonds. The maximum Gasteiger partial charge on any atom is 0.114 e. The number of rotatable bonds is 3. The summed E-state index contributed by atoms with van der Waals surface area (Å²) in [7, 11) is 1.88. The van der Waals surface area contributed by atoms with Gasteiger partial charge in [0.25, 0.3) is 0 Å². The zero-order valence-electron chi connectivity index (χ0n) is 9.95. The van der Waals surface area contributed by atoms with E-state index in [0.717, 1.165) is 31.2 Å². The minimum atomic E-state index is -0.391. The number of hydrogen-bond donors (Lipinski definition) is 1. The molecule has 4 heteroatoms. The molecule has 0 heterocycles. The quantitative estimate of drug-likeness (QED) is 0.837. The van der Waals surface area contributed by atoms with Crippen LogP contribution in [0.1, 0.15) is 31.2 Å². The van der Waals surface area contributed by atoms with E-state index in [4.69, 9.17) is 11.6 Å². The topological polar surface area (TPSA) is 41.5 Å². The summed E-state index contributed by atoms with van der Waals surface area (Å²) in [6, 6.07) is 7.48. The van der Waals surface area contributed by atoms with Gasteiger partial charge in [0.2, 0.25) is 0 Å². The summed E-state index contributed by atoms with van der Waals surface area (Å²) in [6.45, 7) is 0. The molecule has 0 bridgehead atoms. The first kappa shape index (κ1) is 12.5. The van der Waals surface area contributed by atoms with E-state index in [0.29, 0.717) is 5.02 Å². The van der Waals surface area contributed by atoms with Gasteiger partial charge in [-0.15, -0.1) is 0 Å².